The van der Waals surface area contributed by atoms with Crippen molar-refractivity contribution in [3.63, 3.8) is 0 Å². The highest BCUT2D eigenvalue weighted by molar-refractivity contribution is 4.98. The lowest BCUT2D eigenvalue weighted by Crippen LogP contribution is -2.42. The van der Waals surface area contributed by atoms with Gasteiger partial charge in [-0.25, -0.2) is 0 Å². The van der Waals surface area contributed by atoms with Gasteiger partial charge in [-0.05, 0) is 32.7 Å². The highest BCUT2D eigenvalue weighted by Crippen LogP contribution is 2.38. The fourth-order valence-corrected chi connectivity index (χ4v) is 3.32. The predicted octanol–water partition coefficient (Wildman–Crippen LogP) is 0.600. The molecule has 2 bridgehead atoms. The minimum Gasteiger partial charge on any atom is -0.373 e. The highest BCUT2D eigenvalue weighted by Gasteiger charge is 2.44. The molecular formula is C11H20N2O. The summed E-state index contributed by atoms with van der Waals surface area (Å²) in [6.07, 6.45) is 6.38. The van der Waals surface area contributed by atoms with E-state index in [1.807, 2.05) is 0 Å². The smallest absolute Gasteiger partial charge is 0.0735 e. The molecule has 0 aliphatic carbocycles. The van der Waals surface area contributed by atoms with E-state index >= 15 is 0 Å². The average Bonchev–Trinajstić information content (AvgIpc) is 2.93. The maximum absolute atomic E-state index is 5.90. The molecule has 0 aromatic rings. The molecule has 3 aliphatic heterocycles. The predicted molar refractivity (Wildman–Crippen MR) is 55.3 cm³/mol. The van der Waals surface area contributed by atoms with Gasteiger partial charge in [0.25, 0.3) is 0 Å². The number of ether oxygens (including phenoxy) is 1. The first kappa shape index (κ1) is 9.13. The molecule has 3 aliphatic rings. The third kappa shape index (κ3) is 1.38. The maximum atomic E-state index is 5.90. The standard InChI is InChI=1S/C11H20N2O/c1-12-8-4-5-13(7-8)10-6-9-2-3-11(10)14-9/h8-12H,2-7H2,1H3. The Kier molecular flexibility index (Phi) is 2.26. The van der Waals surface area contributed by atoms with Crippen molar-refractivity contribution in [3.05, 3.63) is 0 Å². The van der Waals surface area contributed by atoms with Gasteiger partial charge in [-0.1, -0.05) is 0 Å². The van der Waals surface area contributed by atoms with E-state index < -0.39 is 0 Å². The molecule has 0 aromatic carbocycles. The Balaban J connectivity index is 1.62. The van der Waals surface area contributed by atoms with Gasteiger partial charge < -0.3 is 10.1 Å². The van der Waals surface area contributed by atoms with Crippen molar-refractivity contribution in [3.8, 4) is 0 Å². The Labute approximate surface area is 85.8 Å². The summed E-state index contributed by atoms with van der Waals surface area (Å²) in [7, 11) is 2.07. The largest absolute Gasteiger partial charge is 0.373 e. The molecule has 0 amide bonds. The van der Waals surface area contributed by atoms with Crippen molar-refractivity contribution in [2.75, 3.05) is 20.1 Å². The van der Waals surface area contributed by atoms with E-state index in [9.17, 15) is 0 Å². The summed E-state index contributed by atoms with van der Waals surface area (Å²) in [5.74, 6) is 0. The fourth-order valence-electron chi connectivity index (χ4n) is 3.32. The van der Waals surface area contributed by atoms with E-state index in [1.54, 1.807) is 0 Å². The van der Waals surface area contributed by atoms with Gasteiger partial charge >= 0.3 is 0 Å². The molecule has 14 heavy (non-hydrogen) atoms. The van der Waals surface area contributed by atoms with Gasteiger partial charge in [-0.3, -0.25) is 4.90 Å². The lowest BCUT2D eigenvalue weighted by molar-refractivity contribution is 0.0764. The van der Waals surface area contributed by atoms with Crippen molar-refractivity contribution in [1.29, 1.82) is 0 Å². The third-order valence-corrected chi connectivity index (χ3v) is 4.17. The Morgan fingerprint density at radius 3 is 2.79 bits per heavy atom. The van der Waals surface area contributed by atoms with Gasteiger partial charge in [0.05, 0.1) is 12.2 Å². The summed E-state index contributed by atoms with van der Waals surface area (Å²) in [5.41, 5.74) is 0. The number of fused-ring (bicyclic) bond motifs is 2. The summed E-state index contributed by atoms with van der Waals surface area (Å²) in [6.45, 7) is 2.50. The molecule has 3 nitrogen and oxygen atoms in total. The second-order valence-corrected chi connectivity index (χ2v) is 4.95. The molecule has 80 valence electrons. The number of nitrogens with one attached hydrogen (secondary N) is 1. The van der Waals surface area contributed by atoms with Crippen LogP contribution in [0.15, 0.2) is 0 Å². The van der Waals surface area contributed by atoms with Crippen LogP contribution in [0.25, 0.3) is 0 Å². The minimum atomic E-state index is 0.565. The average molecular weight is 196 g/mol. The number of rotatable bonds is 2. The van der Waals surface area contributed by atoms with Crippen LogP contribution >= 0.6 is 0 Å². The minimum absolute atomic E-state index is 0.565. The molecule has 3 heterocycles. The van der Waals surface area contributed by atoms with Crippen molar-refractivity contribution >= 4 is 0 Å². The molecule has 3 heteroatoms. The molecule has 3 saturated heterocycles. The highest BCUT2D eigenvalue weighted by atomic mass is 16.5. The topological polar surface area (TPSA) is 24.5 Å². The molecule has 4 unspecified atom stereocenters. The Bertz CT molecular complexity index is 221. The van der Waals surface area contributed by atoms with Crippen LogP contribution in [0.2, 0.25) is 0 Å². The van der Waals surface area contributed by atoms with Crippen molar-refractivity contribution in [2.45, 2.75) is 50.0 Å². The SMILES string of the molecule is CNC1CCN(C2CC3CCC2O3)C1. The van der Waals surface area contributed by atoms with Crippen LogP contribution in [-0.2, 0) is 4.74 Å². The maximum Gasteiger partial charge on any atom is 0.0735 e. The zero-order chi connectivity index (χ0) is 9.54. The van der Waals surface area contributed by atoms with E-state index in [2.05, 4.69) is 17.3 Å². The van der Waals surface area contributed by atoms with Gasteiger partial charge in [-0.15, -0.1) is 0 Å². The molecule has 3 rings (SSSR count). The number of hydrogen-bond donors (Lipinski definition) is 1. The van der Waals surface area contributed by atoms with E-state index in [1.165, 1.54) is 38.8 Å². The van der Waals surface area contributed by atoms with Crippen molar-refractivity contribution < 1.29 is 4.74 Å². The van der Waals surface area contributed by atoms with E-state index in [0.29, 0.717) is 18.2 Å². The van der Waals surface area contributed by atoms with Crippen molar-refractivity contribution in [1.82, 2.24) is 10.2 Å². The van der Waals surface area contributed by atoms with Gasteiger partial charge in [0, 0.05) is 25.2 Å². The Hall–Kier alpha value is -0.120. The molecule has 0 aromatic heterocycles. The van der Waals surface area contributed by atoms with Gasteiger partial charge in [0.15, 0.2) is 0 Å². The second-order valence-electron chi connectivity index (χ2n) is 4.95. The van der Waals surface area contributed by atoms with Gasteiger partial charge in [0.2, 0.25) is 0 Å². The molecule has 1 N–H and O–H groups in total. The summed E-state index contributed by atoms with van der Waals surface area (Å²) in [5, 5.41) is 3.38. The lowest BCUT2D eigenvalue weighted by atomic mass is 9.94. The summed E-state index contributed by atoms with van der Waals surface area (Å²) in [6, 6.07) is 1.46. The number of likely N-dealkylation sites (tertiary alicyclic amines) is 1. The normalized spacial score (nSPS) is 47.8. The van der Waals surface area contributed by atoms with E-state index in [0.717, 1.165) is 6.04 Å². The van der Waals surface area contributed by atoms with Gasteiger partial charge in [-0.2, -0.15) is 0 Å². The molecule has 0 radical (unpaired) electrons. The van der Waals surface area contributed by atoms with Crippen molar-refractivity contribution in [2.24, 2.45) is 0 Å². The van der Waals surface area contributed by atoms with Crippen LogP contribution in [-0.4, -0.2) is 49.3 Å². The zero-order valence-electron chi connectivity index (χ0n) is 8.91. The van der Waals surface area contributed by atoms with Crippen LogP contribution in [0.3, 0.4) is 0 Å². The van der Waals surface area contributed by atoms with Crippen LogP contribution in [0.5, 0.6) is 0 Å². The third-order valence-electron chi connectivity index (χ3n) is 4.17. The van der Waals surface area contributed by atoms with Crippen LogP contribution in [0.4, 0.5) is 0 Å². The monoisotopic (exact) mass is 196 g/mol. The zero-order valence-corrected chi connectivity index (χ0v) is 8.91. The first-order valence-corrected chi connectivity index (χ1v) is 5.93. The molecular weight excluding hydrogens is 176 g/mol. The quantitative estimate of drug-likeness (QED) is 0.700. The molecule has 0 saturated carbocycles. The Morgan fingerprint density at radius 2 is 2.21 bits per heavy atom. The molecule has 3 fully saturated rings. The second kappa shape index (κ2) is 3.47. The summed E-state index contributed by atoms with van der Waals surface area (Å²) >= 11 is 0. The van der Waals surface area contributed by atoms with E-state index in [-0.39, 0.29) is 0 Å². The molecule has 4 atom stereocenters. The number of likely N-dealkylation sites (N-methyl/N-ethyl adjacent to an activating group) is 1. The first-order chi connectivity index (χ1) is 6.86. The lowest BCUT2D eigenvalue weighted by Gasteiger charge is -2.28. The fraction of sp³-hybridized carbons (Fsp3) is 1.00. The number of nitrogens with zero attached hydrogens (tertiary/aromatic N) is 1. The van der Waals surface area contributed by atoms with E-state index in [4.69, 9.17) is 4.74 Å². The summed E-state index contributed by atoms with van der Waals surface area (Å²) in [4.78, 5) is 2.64. The Morgan fingerprint density at radius 1 is 1.29 bits per heavy atom. The van der Waals surface area contributed by atoms with Crippen LogP contribution < -0.4 is 5.32 Å². The first-order valence-electron chi connectivity index (χ1n) is 5.93. The number of hydrogen-bond acceptors (Lipinski definition) is 3. The molecule has 0 spiro atoms. The summed E-state index contributed by atoms with van der Waals surface area (Å²) < 4.78 is 5.90. The van der Waals surface area contributed by atoms with Crippen LogP contribution in [0.1, 0.15) is 25.7 Å². The van der Waals surface area contributed by atoms with Crippen LogP contribution in [0, 0.1) is 0 Å². The van der Waals surface area contributed by atoms with Gasteiger partial charge in [0.1, 0.15) is 0 Å².